The molecule has 0 atom stereocenters. The van der Waals surface area contributed by atoms with Crippen LogP contribution in [0.25, 0.3) is 0 Å². The van der Waals surface area contributed by atoms with Crippen LogP contribution in [0, 0.1) is 5.92 Å². The molecule has 0 spiro atoms. The first kappa shape index (κ1) is 16.3. The highest BCUT2D eigenvalue weighted by Gasteiger charge is 2.29. The van der Waals surface area contributed by atoms with Gasteiger partial charge in [-0.05, 0) is 36.5 Å². The van der Waals surface area contributed by atoms with E-state index in [9.17, 15) is 4.79 Å². The predicted molar refractivity (Wildman–Crippen MR) is 92.9 cm³/mol. The lowest BCUT2D eigenvalue weighted by Crippen LogP contribution is -2.46. The SMILES string of the molecule is CC(C)c1ccc(N2CCC(C(=O)N3CCOCC3)CC2)cc1. The fourth-order valence-electron chi connectivity index (χ4n) is 3.50. The number of ether oxygens (including phenoxy) is 1. The number of amides is 1. The summed E-state index contributed by atoms with van der Waals surface area (Å²) in [6.45, 7) is 9.28. The second-order valence-electron chi connectivity index (χ2n) is 6.95. The Morgan fingerprint density at radius 2 is 1.65 bits per heavy atom. The number of hydrogen-bond donors (Lipinski definition) is 0. The first-order valence-corrected chi connectivity index (χ1v) is 8.86. The molecule has 0 N–H and O–H groups in total. The van der Waals surface area contributed by atoms with E-state index >= 15 is 0 Å². The molecule has 2 aliphatic rings. The first-order chi connectivity index (χ1) is 11.1. The lowest BCUT2D eigenvalue weighted by Gasteiger charge is -2.36. The van der Waals surface area contributed by atoms with Crippen LogP contribution in [0.5, 0.6) is 0 Å². The molecule has 23 heavy (non-hydrogen) atoms. The summed E-state index contributed by atoms with van der Waals surface area (Å²) in [5, 5.41) is 0. The fourth-order valence-corrected chi connectivity index (χ4v) is 3.50. The Labute approximate surface area is 139 Å². The first-order valence-electron chi connectivity index (χ1n) is 8.86. The van der Waals surface area contributed by atoms with Crippen LogP contribution < -0.4 is 4.90 Å². The summed E-state index contributed by atoms with van der Waals surface area (Å²) in [5.41, 5.74) is 2.66. The van der Waals surface area contributed by atoms with Gasteiger partial charge in [-0.1, -0.05) is 26.0 Å². The molecule has 2 heterocycles. The molecule has 0 aliphatic carbocycles. The van der Waals surface area contributed by atoms with Crippen molar-refractivity contribution in [1.29, 1.82) is 0 Å². The van der Waals surface area contributed by atoms with Crippen molar-refractivity contribution in [3.63, 3.8) is 0 Å². The molecule has 3 rings (SSSR count). The Morgan fingerprint density at radius 1 is 1.04 bits per heavy atom. The maximum absolute atomic E-state index is 12.6. The van der Waals surface area contributed by atoms with Crippen molar-refractivity contribution < 1.29 is 9.53 Å². The van der Waals surface area contributed by atoms with Crippen molar-refractivity contribution in [3.8, 4) is 0 Å². The third-order valence-electron chi connectivity index (χ3n) is 5.09. The number of anilines is 1. The Morgan fingerprint density at radius 3 is 2.22 bits per heavy atom. The van der Waals surface area contributed by atoms with Crippen LogP contribution in [0.1, 0.15) is 38.2 Å². The molecule has 4 nitrogen and oxygen atoms in total. The van der Waals surface area contributed by atoms with Crippen molar-refractivity contribution in [1.82, 2.24) is 4.90 Å². The highest BCUT2D eigenvalue weighted by atomic mass is 16.5. The quantitative estimate of drug-likeness (QED) is 0.859. The van der Waals surface area contributed by atoms with Crippen LogP contribution in [0.3, 0.4) is 0 Å². The molecular weight excluding hydrogens is 288 g/mol. The van der Waals surface area contributed by atoms with Gasteiger partial charge in [0.15, 0.2) is 0 Å². The molecule has 0 saturated carbocycles. The van der Waals surface area contributed by atoms with Crippen molar-refractivity contribution in [2.24, 2.45) is 5.92 Å². The maximum atomic E-state index is 12.6. The number of carbonyl (C=O) groups excluding carboxylic acids is 1. The molecular formula is C19H28N2O2. The molecule has 1 aromatic carbocycles. The third kappa shape index (κ3) is 3.86. The van der Waals surface area contributed by atoms with Gasteiger partial charge >= 0.3 is 0 Å². The predicted octanol–water partition coefficient (Wildman–Crippen LogP) is 2.89. The van der Waals surface area contributed by atoms with E-state index in [1.807, 2.05) is 4.90 Å². The van der Waals surface area contributed by atoms with Gasteiger partial charge in [0.25, 0.3) is 0 Å². The van der Waals surface area contributed by atoms with Gasteiger partial charge in [0.05, 0.1) is 13.2 Å². The molecule has 126 valence electrons. The zero-order chi connectivity index (χ0) is 16.2. The Kier molecular flexibility index (Phi) is 5.21. The summed E-state index contributed by atoms with van der Waals surface area (Å²) in [4.78, 5) is 17.0. The molecule has 0 bridgehead atoms. The standard InChI is InChI=1S/C19H28N2O2/c1-15(2)16-3-5-18(6-4-16)20-9-7-17(8-10-20)19(22)21-11-13-23-14-12-21/h3-6,15,17H,7-14H2,1-2H3. The van der Waals surface area contributed by atoms with Crippen molar-refractivity contribution in [2.45, 2.75) is 32.6 Å². The fraction of sp³-hybridized carbons (Fsp3) is 0.632. The zero-order valence-electron chi connectivity index (χ0n) is 14.3. The highest BCUT2D eigenvalue weighted by molar-refractivity contribution is 5.79. The summed E-state index contributed by atoms with van der Waals surface area (Å²) >= 11 is 0. The number of morpholine rings is 1. The number of benzene rings is 1. The van der Waals surface area contributed by atoms with Crippen LogP contribution in [0.4, 0.5) is 5.69 Å². The van der Waals surface area contributed by atoms with Gasteiger partial charge in [-0.3, -0.25) is 4.79 Å². The van der Waals surface area contributed by atoms with Gasteiger partial charge in [-0.2, -0.15) is 0 Å². The second-order valence-corrected chi connectivity index (χ2v) is 6.95. The van der Waals surface area contributed by atoms with Gasteiger partial charge in [-0.15, -0.1) is 0 Å². The van der Waals surface area contributed by atoms with Crippen LogP contribution in [-0.4, -0.2) is 50.2 Å². The van der Waals surface area contributed by atoms with E-state index in [-0.39, 0.29) is 5.92 Å². The van der Waals surface area contributed by atoms with Crippen LogP contribution in [0.15, 0.2) is 24.3 Å². The minimum Gasteiger partial charge on any atom is -0.378 e. The average Bonchev–Trinajstić information content (AvgIpc) is 2.62. The Hall–Kier alpha value is -1.55. The van der Waals surface area contributed by atoms with E-state index in [0.29, 0.717) is 25.0 Å². The van der Waals surface area contributed by atoms with Gasteiger partial charge in [-0.25, -0.2) is 0 Å². The summed E-state index contributed by atoms with van der Waals surface area (Å²) in [5.74, 6) is 1.10. The molecule has 0 radical (unpaired) electrons. The van der Waals surface area contributed by atoms with E-state index in [2.05, 4.69) is 43.0 Å². The van der Waals surface area contributed by atoms with E-state index in [4.69, 9.17) is 4.74 Å². The molecule has 2 aliphatic heterocycles. The summed E-state index contributed by atoms with van der Waals surface area (Å²) in [7, 11) is 0. The number of rotatable bonds is 3. The molecule has 0 aromatic heterocycles. The number of hydrogen-bond acceptors (Lipinski definition) is 3. The minimum atomic E-state index is 0.194. The Balaban J connectivity index is 1.54. The van der Waals surface area contributed by atoms with E-state index < -0.39 is 0 Å². The summed E-state index contributed by atoms with van der Waals surface area (Å²) < 4.78 is 5.34. The van der Waals surface area contributed by atoms with Gasteiger partial charge in [0, 0.05) is 37.8 Å². The molecule has 2 fully saturated rings. The van der Waals surface area contributed by atoms with Gasteiger partial charge in [0.2, 0.25) is 5.91 Å². The molecule has 4 heteroatoms. The topological polar surface area (TPSA) is 32.8 Å². The van der Waals surface area contributed by atoms with Crippen LogP contribution >= 0.6 is 0 Å². The third-order valence-corrected chi connectivity index (χ3v) is 5.09. The van der Waals surface area contributed by atoms with Crippen molar-refractivity contribution >= 4 is 11.6 Å². The molecule has 1 amide bonds. The Bertz CT molecular complexity index is 513. The average molecular weight is 316 g/mol. The zero-order valence-corrected chi connectivity index (χ0v) is 14.3. The second kappa shape index (κ2) is 7.35. The number of carbonyl (C=O) groups is 1. The van der Waals surface area contributed by atoms with Crippen LogP contribution in [-0.2, 0) is 9.53 Å². The lowest BCUT2D eigenvalue weighted by molar-refractivity contribution is -0.140. The molecule has 2 saturated heterocycles. The highest BCUT2D eigenvalue weighted by Crippen LogP contribution is 2.26. The normalized spacial score (nSPS) is 20.1. The largest absolute Gasteiger partial charge is 0.378 e. The molecule has 1 aromatic rings. The van der Waals surface area contributed by atoms with Gasteiger partial charge < -0.3 is 14.5 Å². The minimum absolute atomic E-state index is 0.194. The van der Waals surface area contributed by atoms with Crippen LogP contribution in [0.2, 0.25) is 0 Å². The van der Waals surface area contributed by atoms with Gasteiger partial charge in [0.1, 0.15) is 0 Å². The summed E-state index contributed by atoms with van der Waals surface area (Å²) in [6, 6.07) is 8.90. The monoisotopic (exact) mass is 316 g/mol. The smallest absolute Gasteiger partial charge is 0.225 e. The maximum Gasteiger partial charge on any atom is 0.225 e. The lowest BCUT2D eigenvalue weighted by atomic mass is 9.94. The number of nitrogens with zero attached hydrogens (tertiary/aromatic N) is 2. The molecule has 0 unspecified atom stereocenters. The van der Waals surface area contributed by atoms with E-state index in [1.165, 1.54) is 11.3 Å². The number of piperidine rings is 1. The van der Waals surface area contributed by atoms with E-state index in [1.54, 1.807) is 0 Å². The van der Waals surface area contributed by atoms with Crippen molar-refractivity contribution in [2.75, 3.05) is 44.3 Å². The van der Waals surface area contributed by atoms with E-state index in [0.717, 1.165) is 39.0 Å². The summed E-state index contributed by atoms with van der Waals surface area (Å²) in [6.07, 6.45) is 1.92. The van der Waals surface area contributed by atoms with Crippen molar-refractivity contribution in [3.05, 3.63) is 29.8 Å².